The summed E-state index contributed by atoms with van der Waals surface area (Å²) >= 11 is 0. The fourth-order valence-corrected chi connectivity index (χ4v) is 6.08. The van der Waals surface area contributed by atoms with E-state index in [1.165, 1.54) is 60.3 Å². The van der Waals surface area contributed by atoms with E-state index in [-0.39, 0.29) is 5.41 Å². The SMILES string of the molecule is Cc1c2c(c(C(C)C)c3ccccc13)Oc1cc3ccc(CC(C)(C)C)cc3c3cc[n+](C)c-2c13. The highest BCUT2D eigenvalue weighted by Crippen LogP contribution is 2.53. The Morgan fingerprint density at radius 3 is 2.34 bits per heavy atom. The minimum atomic E-state index is 0.250. The highest BCUT2D eigenvalue weighted by molar-refractivity contribution is 6.16. The first-order valence-electron chi connectivity index (χ1n) is 12.8. The lowest BCUT2D eigenvalue weighted by atomic mass is 9.84. The minimum absolute atomic E-state index is 0.250. The Hall–Kier alpha value is -3.39. The van der Waals surface area contributed by atoms with Crippen molar-refractivity contribution < 1.29 is 9.30 Å². The summed E-state index contributed by atoms with van der Waals surface area (Å²) in [6.07, 6.45) is 3.28. The van der Waals surface area contributed by atoms with Gasteiger partial charge in [-0.3, -0.25) is 0 Å². The van der Waals surface area contributed by atoms with E-state index in [0.29, 0.717) is 5.92 Å². The summed E-state index contributed by atoms with van der Waals surface area (Å²) < 4.78 is 9.17. The summed E-state index contributed by atoms with van der Waals surface area (Å²) in [4.78, 5) is 0. The number of benzene rings is 4. The number of hydrogen-bond acceptors (Lipinski definition) is 1. The van der Waals surface area contributed by atoms with Gasteiger partial charge < -0.3 is 4.74 Å². The van der Waals surface area contributed by atoms with E-state index in [1.54, 1.807) is 0 Å². The van der Waals surface area contributed by atoms with Crippen LogP contribution in [0.25, 0.3) is 43.6 Å². The second-order valence-corrected chi connectivity index (χ2v) is 11.8. The summed E-state index contributed by atoms with van der Waals surface area (Å²) in [5, 5.41) is 7.64. The van der Waals surface area contributed by atoms with Gasteiger partial charge in [0.2, 0.25) is 5.69 Å². The van der Waals surface area contributed by atoms with E-state index in [1.807, 2.05) is 0 Å². The quantitative estimate of drug-likeness (QED) is 0.186. The van der Waals surface area contributed by atoms with Crippen LogP contribution in [0.2, 0.25) is 0 Å². The van der Waals surface area contributed by atoms with Crippen LogP contribution < -0.4 is 9.30 Å². The Morgan fingerprint density at radius 1 is 0.886 bits per heavy atom. The standard InChI is InChI=1S/C33H34NO/c1-19(2)28-24-11-9-8-10-23(24)20(3)29-31-30-25(14-15-34(31)7)26-16-21(18-33(4,5)6)12-13-22(26)17-27(30)35-32(28)29/h8-17,19H,18H2,1-7H3/q+1. The van der Waals surface area contributed by atoms with Gasteiger partial charge in [-0.05, 0) is 63.4 Å². The van der Waals surface area contributed by atoms with Crippen LogP contribution in [0.15, 0.2) is 60.8 Å². The maximum atomic E-state index is 6.89. The molecule has 0 saturated heterocycles. The van der Waals surface area contributed by atoms with Crippen LogP contribution >= 0.6 is 0 Å². The van der Waals surface area contributed by atoms with Crippen molar-refractivity contribution in [3.8, 4) is 22.8 Å². The van der Waals surface area contributed by atoms with Gasteiger partial charge in [0.1, 0.15) is 18.5 Å². The van der Waals surface area contributed by atoms with E-state index < -0.39 is 0 Å². The topological polar surface area (TPSA) is 13.1 Å². The fourth-order valence-electron chi connectivity index (χ4n) is 6.08. The molecule has 5 aromatic rings. The average Bonchev–Trinajstić information content (AvgIpc) is 2.79. The zero-order chi connectivity index (χ0) is 24.6. The molecule has 0 unspecified atom stereocenters. The summed E-state index contributed by atoms with van der Waals surface area (Å²) in [5.74, 6) is 2.34. The van der Waals surface area contributed by atoms with Gasteiger partial charge in [-0.15, -0.1) is 0 Å². The number of aromatic nitrogens is 1. The van der Waals surface area contributed by atoms with Gasteiger partial charge in [0.15, 0.2) is 6.20 Å². The monoisotopic (exact) mass is 460 g/mol. The molecule has 35 heavy (non-hydrogen) atoms. The highest BCUT2D eigenvalue weighted by atomic mass is 16.5. The van der Waals surface area contributed by atoms with E-state index in [2.05, 4.69) is 114 Å². The lowest BCUT2D eigenvalue weighted by Gasteiger charge is -2.27. The molecule has 2 heterocycles. The van der Waals surface area contributed by atoms with Crippen molar-refractivity contribution in [1.29, 1.82) is 0 Å². The molecule has 0 atom stereocenters. The molecular formula is C33H34NO+. The van der Waals surface area contributed by atoms with Crippen LogP contribution in [0, 0.1) is 12.3 Å². The molecule has 176 valence electrons. The van der Waals surface area contributed by atoms with Crippen LogP contribution in [0.4, 0.5) is 0 Å². The van der Waals surface area contributed by atoms with Crippen LogP contribution in [0.5, 0.6) is 11.5 Å². The molecule has 0 amide bonds. The summed E-state index contributed by atoms with van der Waals surface area (Å²) in [5.41, 5.74) is 6.71. The summed E-state index contributed by atoms with van der Waals surface area (Å²) in [6.45, 7) is 13.7. The van der Waals surface area contributed by atoms with Crippen molar-refractivity contribution in [2.24, 2.45) is 12.5 Å². The Labute approximate surface area is 208 Å². The van der Waals surface area contributed by atoms with Crippen molar-refractivity contribution in [3.63, 3.8) is 0 Å². The molecule has 6 rings (SSSR count). The molecule has 1 aromatic heterocycles. The van der Waals surface area contributed by atoms with Crippen molar-refractivity contribution >= 4 is 32.3 Å². The zero-order valence-corrected chi connectivity index (χ0v) is 21.9. The number of pyridine rings is 1. The first-order valence-corrected chi connectivity index (χ1v) is 12.8. The largest absolute Gasteiger partial charge is 0.455 e. The van der Waals surface area contributed by atoms with E-state index in [4.69, 9.17) is 4.74 Å². The maximum Gasteiger partial charge on any atom is 0.228 e. The highest BCUT2D eigenvalue weighted by Gasteiger charge is 2.34. The number of rotatable bonds is 2. The number of hydrogen-bond donors (Lipinski definition) is 0. The maximum absolute atomic E-state index is 6.89. The molecule has 0 N–H and O–H groups in total. The van der Waals surface area contributed by atoms with Crippen LogP contribution in [0.3, 0.4) is 0 Å². The number of ether oxygens (including phenoxy) is 1. The summed E-state index contributed by atoms with van der Waals surface area (Å²) in [6, 6.07) is 20.2. The average molecular weight is 461 g/mol. The van der Waals surface area contributed by atoms with Crippen LogP contribution in [-0.4, -0.2) is 0 Å². The predicted molar refractivity (Wildman–Crippen MR) is 148 cm³/mol. The second-order valence-electron chi connectivity index (χ2n) is 11.8. The lowest BCUT2D eigenvalue weighted by Crippen LogP contribution is -2.32. The minimum Gasteiger partial charge on any atom is -0.455 e. The Balaban J connectivity index is 1.75. The van der Waals surface area contributed by atoms with Gasteiger partial charge in [-0.1, -0.05) is 77.1 Å². The fraction of sp³-hybridized carbons (Fsp3) is 0.303. The van der Waals surface area contributed by atoms with Gasteiger partial charge in [0, 0.05) is 17.0 Å². The van der Waals surface area contributed by atoms with Crippen molar-refractivity contribution in [3.05, 3.63) is 77.5 Å². The van der Waals surface area contributed by atoms with E-state index in [0.717, 1.165) is 17.9 Å². The lowest BCUT2D eigenvalue weighted by molar-refractivity contribution is -0.659. The molecule has 0 fully saturated rings. The number of nitrogens with zero attached hydrogens (tertiary/aromatic N) is 1. The molecule has 0 bridgehead atoms. The molecule has 4 aromatic carbocycles. The van der Waals surface area contributed by atoms with Crippen LogP contribution in [-0.2, 0) is 13.5 Å². The van der Waals surface area contributed by atoms with Gasteiger partial charge in [-0.25, -0.2) is 4.57 Å². The van der Waals surface area contributed by atoms with Crippen molar-refractivity contribution in [2.75, 3.05) is 0 Å². The molecule has 0 aliphatic carbocycles. The Morgan fingerprint density at radius 2 is 1.63 bits per heavy atom. The predicted octanol–water partition coefficient (Wildman–Crippen LogP) is 8.76. The first-order chi connectivity index (χ1) is 16.6. The normalized spacial score (nSPS) is 13.0. The van der Waals surface area contributed by atoms with E-state index in [9.17, 15) is 0 Å². The first kappa shape index (κ1) is 22.1. The number of aryl methyl sites for hydroxylation is 2. The molecule has 2 nitrogen and oxygen atoms in total. The Bertz CT molecular complexity index is 1670. The third-order valence-corrected chi connectivity index (χ3v) is 7.49. The van der Waals surface area contributed by atoms with Gasteiger partial charge in [0.05, 0.1) is 10.9 Å². The third-order valence-electron chi connectivity index (χ3n) is 7.49. The molecule has 1 aliphatic heterocycles. The third kappa shape index (κ3) is 3.34. The Kier molecular flexibility index (Phi) is 4.77. The molecule has 0 radical (unpaired) electrons. The molecular weight excluding hydrogens is 426 g/mol. The van der Waals surface area contributed by atoms with Gasteiger partial charge in [0.25, 0.3) is 0 Å². The molecule has 2 heteroatoms. The molecule has 0 spiro atoms. The second kappa shape index (κ2) is 7.55. The van der Waals surface area contributed by atoms with Crippen LogP contribution in [0.1, 0.15) is 57.2 Å². The molecule has 1 aliphatic rings. The van der Waals surface area contributed by atoms with E-state index >= 15 is 0 Å². The molecule has 0 saturated carbocycles. The van der Waals surface area contributed by atoms with Gasteiger partial charge >= 0.3 is 0 Å². The smallest absolute Gasteiger partial charge is 0.228 e. The van der Waals surface area contributed by atoms with Gasteiger partial charge in [-0.2, -0.15) is 0 Å². The van der Waals surface area contributed by atoms with Crippen molar-refractivity contribution in [2.45, 2.75) is 53.9 Å². The number of fused-ring (bicyclic) bond motifs is 5. The van der Waals surface area contributed by atoms with Crippen molar-refractivity contribution in [1.82, 2.24) is 0 Å². The zero-order valence-electron chi connectivity index (χ0n) is 21.9. The summed E-state index contributed by atoms with van der Waals surface area (Å²) in [7, 11) is 2.16.